The van der Waals surface area contributed by atoms with E-state index in [1.54, 1.807) is 24.8 Å². The summed E-state index contributed by atoms with van der Waals surface area (Å²) in [6, 6.07) is 4.91. The first-order chi connectivity index (χ1) is 7.97. The van der Waals surface area contributed by atoms with Crippen molar-refractivity contribution in [1.29, 1.82) is 0 Å². The molecule has 0 heterocycles. The lowest BCUT2D eigenvalue weighted by molar-refractivity contribution is 0.199. The van der Waals surface area contributed by atoms with E-state index in [9.17, 15) is 9.50 Å². The summed E-state index contributed by atoms with van der Waals surface area (Å²) in [6.07, 6.45) is 1.40. The molecule has 2 atom stereocenters. The molecule has 0 saturated heterocycles. The highest BCUT2D eigenvalue weighted by Gasteiger charge is 2.16. The summed E-state index contributed by atoms with van der Waals surface area (Å²) in [4.78, 5) is 2.08. The Balaban J connectivity index is 3.03. The summed E-state index contributed by atoms with van der Waals surface area (Å²) in [5.41, 5.74) is 1.53. The number of nitrogens with zero attached hydrogens (tertiary/aromatic N) is 1. The molecule has 0 radical (unpaired) electrons. The van der Waals surface area contributed by atoms with Gasteiger partial charge in [0.05, 0.1) is 6.10 Å². The van der Waals surface area contributed by atoms with Gasteiger partial charge in [-0.2, -0.15) is 11.8 Å². The van der Waals surface area contributed by atoms with Crippen molar-refractivity contribution in [2.45, 2.75) is 26.0 Å². The van der Waals surface area contributed by atoms with E-state index in [-0.39, 0.29) is 5.82 Å². The minimum absolute atomic E-state index is 0.310. The minimum Gasteiger partial charge on any atom is -0.389 e. The third kappa shape index (κ3) is 3.61. The van der Waals surface area contributed by atoms with Crippen LogP contribution in [0.2, 0.25) is 0 Å². The van der Waals surface area contributed by atoms with Crippen LogP contribution in [0.4, 0.5) is 10.1 Å². The third-order valence-corrected chi connectivity index (χ3v) is 3.70. The maximum Gasteiger partial charge on any atom is 0.123 e. The minimum atomic E-state index is -0.662. The molecule has 1 aromatic carbocycles. The number of halogens is 1. The summed E-state index contributed by atoms with van der Waals surface area (Å²) in [6.45, 7) is 3.77. The Labute approximate surface area is 107 Å². The molecule has 0 amide bonds. The maximum atomic E-state index is 13.2. The van der Waals surface area contributed by atoms with E-state index in [0.717, 1.165) is 11.4 Å². The van der Waals surface area contributed by atoms with Crippen LogP contribution >= 0.6 is 11.8 Å². The van der Waals surface area contributed by atoms with Gasteiger partial charge in [-0.05, 0) is 38.3 Å². The van der Waals surface area contributed by atoms with Gasteiger partial charge < -0.3 is 10.0 Å². The predicted molar refractivity (Wildman–Crippen MR) is 73.3 cm³/mol. The van der Waals surface area contributed by atoms with Crippen molar-refractivity contribution in [2.24, 2.45) is 0 Å². The van der Waals surface area contributed by atoms with Crippen LogP contribution in [0, 0.1) is 5.82 Å². The van der Waals surface area contributed by atoms with Crippen molar-refractivity contribution in [2.75, 3.05) is 24.0 Å². The Morgan fingerprint density at radius 3 is 2.59 bits per heavy atom. The molecular weight excluding hydrogens is 237 g/mol. The van der Waals surface area contributed by atoms with Crippen molar-refractivity contribution in [3.63, 3.8) is 0 Å². The monoisotopic (exact) mass is 257 g/mol. The second-order valence-corrected chi connectivity index (χ2v) is 5.21. The SMILES string of the molecule is CSCC(C)N(C)c1ccc(F)cc1C(C)O. The van der Waals surface area contributed by atoms with Gasteiger partial charge in [-0.25, -0.2) is 4.39 Å². The topological polar surface area (TPSA) is 23.5 Å². The molecule has 0 fully saturated rings. The molecule has 2 unspecified atom stereocenters. The van der Waals surface area contributed by atoms with Gasteiger partial charge in [-0.15, -0.1) is 0 Å². The highest BCUT2D eigenvalue weighted by Crippen LogP contribution is 2.28. The molecule has 0 aromatic heterocycles. The van der Waals surface area contributed by atoms with E-state index in [2.05, 4.69) is 18.1 Å². The lowest BCUT2D eigenvalue weighted by atomic mass is 10.1. The number of aliphatic hydroxyl groups is 1. The Morgan fingerprint density at radius 2 is 2.06 bits per heavy atom. The molecule has 1 N–H and O–H groups in total. The molecule has 0 aliphatic carbocycles. The van der Waals surface area contributed by atoms with Crippen molar-refractivity contribution in [1.82, 2.24) is 0 Å². The van der Waals surface area contributed by atoms with Gasteiger partial charge in [-0.3, -0.25) is 0 Å². The quantitative estimate of drug-likeness (QED) is 0.877. The zero-order valence-corrected chi connectivity index (χ0v) is 11.6. The van der Waals surface area contributed by atoms with Crippen LogP contribution < -0.4 is 4.90 Å². The molecule has 0 aliphatic heterocycles. The lowest BCUT2D eigenvalue weighted by Gasteiger charge is -2.29. The second-order valence-electron chi connectivity index (χ2n) is 4.29. The van der Waals surface area contributed by atoms with E-state index in [4.69, 9.17) is 0 Å². The fourth-order valence-corrected chi connectivity index (χ4v) is 2.48. The number of hydrogen-bond acceptors (Lipinski definition) is 3. The fourth-order valence-electron chi connectivity index (χ4n) is 1.77. The summed E-state index contributed by atoms with van der Waals surface area (Å²) in [5.74, 6) is 0.684. The number of hydrogen-bond donors (Lipinski definition) is 1. The van der Waals surface area contributed by atoms with Crippen molar-refractivity contribution < 1.29 is 9.50 Å². The van der Waals surface area contributed by atoms with Gasteiger partial charge in [0, 0.05) is 30.1 Å². The largest absolute Gasteiger partial charge is 0.389 e. The Morgan fingerprint density at radius 1 is 1.41 bits per heavy atom. The molecule has 1 aromatic rings. The number of anilines is 1. The molecule has 4 heteroatoms. The first-order valence-corrected chi connectivity index (χ1v) is 7.06. The van der Waals surface area contributed by atoms with Gasteiger partial charge in [0.25, 0.3) is 0 Å². The standard InChI is InChI=1S/C13H20FNOS/c1-9(8-17-4)15(3)13-6-5-11(14)7-12(13)10(2)16/h5-7,9-10,16H,8H2,1-4H3. The average molecular weight is 257 g/mol. The number of aliphatic hydroxyl groups excluding tert-OH is 1. The second kappa shape index (κ2) is 6.26. The van der Waals surface area contributed by atoms with Crippen molar-refractivity contribution in [3.05, 3.63) is 29.6 Å². The first-order valence-electron chi connectivity index (χ1n) is 5.66. The van der Waals surface area contributed by atoms with Gasteiger partial charge in [-0.1, -0.05) is 0 Å². The highest BCUT2D eigenvalue weighted by atomic mass is 32.2. The third-order valence-electron chi connectivity index (χ3n) is 2.89. The molecular formula is C13H20FNOS. The van der Waals surface area contributed by atoms with Gasteiger partial charge in [0.2, 0.25) is 0 Å². The first kappa shape index (κ1) is 14.3. The highest BCUT2D eigenvalue weighted by molar-refractivity contribution is 7.98. The fraction of sp³-hybridized carbons (Fsp3) is 0.538. The summed E-state index contributed by atoms with van der Waals surface area (Å²) < 4.78 is 13.2. The normalized spacial score (nSPS) is 14.5. The van der Waals surface area contributed by atoms with E-state index in [1.165, 1.54) is 12.1 Å². The smallest absolute Gasteiger partial charge is 0.123 e. The molecule has 17 heavy (non-hydrogen) atoms. The molecule has 2 nitrogen and oxygen atoms in total. The van der Waals surface area contributed by atoms with E-state index < -0.39 is 6.10 Å². The summed E-state index contributed by atoms with van der Waals surface area (Å²) >= 11 is 1.77. The van der Waals surface area contributed by atoms with Gasteiger partial charge in [0.1, 0.15) is 5.82 Å². The van der Waals surface area contributed by atoms with Crippen LogP contribution in [-0.2, 0) is 0 Å². The van der Waals surface area contributed by atoms with Crippen LogP contribution in [-0.4, -0.2) is 30.2 Å². The van der Waals surface area contributed by atoms with Crippen molar-refractivity contribution >= 4 is 17.4 Å². The zero-order chi connectivity index (χ0) is 13.0. The van der Waals surface area contributed by atoms with Crippen LogP contribution in [0.15, 0.2) is 18.2 Å². The lowest BCUT2D eigenvalue weighted by Crippen LogP contribution is -2.31. The Hall–Kier alpha value is -0.740. The predicted octanol–water partition coefficient (Wildman–Crippen LogP) is 3.07. The van der Waals surface area contributed by atoms with Gasteiger partial charge >= 0.3 is 0 Å². The molecule has 1 rings (SSSR count). The number of benzene rings is 1. The van der Waals surface area contributed by atoms with Crippen LogP contribution in [0.3, 0.4) is 0 Å². The van der Waals surface area contributed by atoms with E-state index in [1.807, 2.05) is 7.05 Å². The zero-order valence-electron chi connectivity index (χ0n) is 10.8. The maximum absolute atomic E-state index is 13.2. The molecule has 0 saturated carbocycles. The molecule has 0 aliphatic rings. The number of thioether (sulfide) groups is 1. The van der Waals surface area contributed by atoms with Crippen LogP contribution in [0.1, 0.15) is 25.5 Å². The van der Waals surface area contributed by atoms with Gasteiger partial charge in [0.15, 0.2) is 0 Å². The van der Waals surface area contributed by atoms with E-state index in [0.29, 0.717) is 11.6 Å². The molecule has 0 bridgehead atoms. The summed E-state index contributed by atoms with van der Waals surface area (Å²) in [5, 5.41) is 9.69. The number of rotatable bonds is 5. The molecule has 0 spiro atoms. The van der Waals surface area contributed by atoms with Crippen LogP contribution in [0.25, 0.3) is 0 Å². The average Bonchev–Trinajstić information content (AvgIpc) is 2.28. The Bertz CT molecular complexity index is 370. The van der Waals surface area contributed by atoms with E-state index >= 15 is 0 Å². The molecule has 96 valence electrons. The van der Waals surface area contributed by atoms with Crippen molar-refractivity contribution in [3.8, 4) is 0 Å². The summed E-state index contributed by atoms with van der Waals surface area (Å²) in [7, 11) is 1.97. The van der Waals surface area contributed by atoms with Crippen LogP contribution in [0.5, 0.6) is 0 Å². The Kier molecular flexibility index (Phi) is 5.28.